The second kappa shape index (κ2) is 7.20. The van der Waals surface area contributed by atoms with Crippen molar-refractivity contribution in [2.24, 2.45) is 0 Å². The minimum atomic E-state index is -1.09. The fraction of sp³-hybridized carbons (Fsp3) is 0.375. The van der Waals surface area contributed by atoms with Crippen LogP contribution in [0.2, 0.25) is 0 Å². The van der Waals surface area contributed by atoms with Gasteiger partial charge in [-0.3, -0.25) is 0 Å². The molecular weight excluding hydrogens is 394 g/mol. The number of nitrogens with zero attached hydrogens (tertiary/aromatic N) is 2. The molecule has 4 rings (SSSR count). The number of cyclic esters (lactones) is 1. The zero-order valence-corrected chi connectivity index (χ0v) is 18.6. The maximum absolute atomic E-state index is 12.0. The number of carbonyl (C=O) groups excluding carboxylic acids is 1. The number of hydrogen-bond donors (Lipinski definition) is 2. The van der Waals surface area contributed by atoms with Crippen LogP contribution < -0.4 is 10.1 Å². The first-order valence-electron chi connectivity index (χ1n) is 10.3. The van der Waals surface area contributed by atoms with Crippen LogP contribution in [-0.2, 0) is 15.9 Å². The van der Waals surface area contributed by atoms with E-state index in [1.807, 2.05) is 45.9 Å². The van der Waals surface area contributed by atoms with Gasteiger partial charge in [0.1, 0.15) is 11.4 Å². The van der Waals surface area contributed by atoms with E-state index < -0.39 is 11.2 Å². The Morgan fingerprint density at radius 2 is 1.94 bits per heavy atom. The molecule has 162 valence electrons. The Hall–Kier alpha value is -3.19. The fourth-order valence-electron chi connectivity index (χ4n) is 3.77. The van der Waals surface area contributed by atoms with Crippen LogP contribution in [0.25, 0.3) is 10.9 Å². The third-order valence-electron chi connectivity index (χ3n) is 5.22. The lowest BCUT2D eigenvalue weighted by Gasteiger charge is -2.22. The summed E-state index contributed by atoms with van der Waals surface area (Å²) in [5.41, 5.74) is 1.63. The summed E-state index contributed by atoms with van der Waals surface area (Å²) in [5, 5.41) is 14.6. The van der Waals surface area contributed by atoms with Crippen LogP contribution in [0.4, 0.5) is 11.6 Å². The van der Waals surface area contributed by atoms with Gasteiger partial charge in [-0.25, -0.2) is 14.8 Å². The summed E-state index contributed by atoms with van der Waals surface area (Å²) < 4.78 is 11.3. The van der Waals surface area contributed by atoms with Gasteiger partial charge in [-0.05, 0) is 65.8 Å². The summed E-state index contributed by atoms with van der Waals surface area (Å²) in [4.78, 5) is 21.2. The summed E-state index contributed by atoms with van der Waals surface area (Å²) in [7, 11) is 0. The van der Waals surface area contributed by atoms with Crippen LogP contribution in [0.1, 0.15) is 63.0 Å². The zero-order chi connectivity index (χ0) is 22.6. The van der Waals surface area contributed by atoms with Crippen LogP contribution in [0.3, 0.4) is 0 Å². The molecular formula is C24H27N3O4. The lowest BCUT2D eigenvalue weighted by Crippen LogP contribution is -2.17. The first-order valence-corrected chi connectivity index (χ1v) is 10.3. The van der Waals surface area contributed by atoms with E-state index in [4.69, 9.17) is 9.47 Å². The number of carbonyl (C=O) groups is 1. The molecule has 0 bridgehead atoms. The van der Waals surface area contributed by atoms with Gasteiger partial charge in [-0.15, -0.1) is 0 Å². The highest BCUT2D eigenvalue weighted by atomic mass is 16.6. The summed E-state index contributed by atoms with van der Waals surface area (Å²) in [6.45, 7) is 11.1. The number of hydrogen-bond acceptors (Lipinski definition) is 7. The SMILES string of the molecule is CC(C)Oc1ccc(C(C)(C)O)c2nc(Nc3ccc4c(c3)C(C)(C)OC4=O)ncc12. The third kappa shape index (κ3) is 3.93. The average molecular weight is 421 g/mol. The molecule has 0 amide bonds. The smallest absolute Gasteiger partial charge is 0.339 e. The number of anilines is 2. The number of esters is 1. The van der Waals surface area contributed by atoms with Gasteiger partial charge in [0, 0.05) is 23.0 Å². The van der Waals surface area contributed by atoms with E-state index in [0.717, 1.165) is 16.6 Å². The lowest BCUT2D eigenvalue weighted by molar-refractivity contribution is 0.00954. The quantitative estimate of drug-likeness (QED) is 0.572. The predicted octanol–water partition coefficient (Wildman–Crippen LogP) is 4.79. The van der Waals surface area contributed by atoms with Crippen molar-refractivity contribution in [2.45, 2.75) is 58.8 Å². The van der Waals surface area contributed by atoms with Gasteiger partial charge in [-0.2, -0.15) is 0 Å². The zero-order valence-electron chi connectivity index (χ0n) is 18.6. The molecule has 7 heteroatoms. The van der Waals surface area contributed by atoms with Crippen molar-refractivity contribution < 1.29 is 19.4 Å². The highest BCUT2D eigenvalue weighted by molar-refractivity contribution is 5.95. The van der Waals surface area contributed by atoms with Crippen molar-refractivity contribution in [3.8, 4) is 5.75 Å². The monoisotopic (exact) mass is 421 g/mol. The van der Waals surface area contributed by atoms with Gasteiger partial charge < -0.3 is 19.9 Å². The number of ether oxygens (including phenoxy) is 2. The highest BCUT2D eigenvalue weighted by Crippen LogP contribution is 2.38. The molecule has 31 heavy (non-hydrogen) atoms. The van der Waals surface area contributed by atoms with Crippen LogP contribution >= 0.6 is 0 Å². The number of rotatable bonds is 5. The van der Waals surface area contributed by atoms with E-state index in [1.165, 1.54) is 0 Å². The number of aliphatic hydroxyl groups is 1. The van der Waals surface area contributed by atoms with Gasteiger partial charge >= 0.3 is 5.97 Å². The minimum absolute atomic E-state index is 0.00585. The van der Waals surface area contributed by atoms with Gasteiger partial charge in [0.05, 0.1) is 28.2 Å². The maximum atomic E-state index is 12.0. The van der Waals surface area contributed by atoms with E-state index in [9.17, 15) is 9.90 Å². The van der Waals surface area contributed by atoms with Crippen molar-refractivity contribution in [3.05, 3.63) is 53.2 Å². The third-order valence-corrected chi connectivity index (χ3v) is 5.22. The lowest BCUT2D eigenvalue weighted by atomic mass is 9.95. The molecule has 1 aliphatic rings. The Balaban J connectivity index is 1.77. The molecule has 0 fully saturated rings. The standard InChI is InChI=1S/C24H27N3O4/c1-13(2)30-19-10-9-17(23(3,4)29)20-16(19)12-25-22(27-20)26-14-7-8-15-18(11-14)24(5,6)31-21(15)28/h7-13,29H,1-6H3,(H,25,26,27). The number of nitrogens with one attached hydrogen (secondary N) is 1. The Morgan fingerprint density at radius 3 is 2.61 bits per heavy atom. The molecule has 0 aliphatic carbocycles. The van der Waals surface area contributed by atoms with Gasteiger partial charge in [0.2, 0.25) is 5.95 Å². The molecule has 3 aromatic rings. The summed E-state index contributed by atoms with van der Waals surface area (Å²) in [6.07, 6.45) is 1.69. The highest BCUT2D eigenvalue weighted by Gasteiger charge is 2.37. The largest absolute Gasteiger partial charge is 0.490 e. The fourth-order valence-corrected chi connectivity index (χ4v) is 3.77. The molecule has 1 aromatic heterocycles. The molecule has 0 unspecified atom stereocenters. The van der Waals surface area contributed by atoms with Crippen molar-refractivity contribution in [1.82, 2.24) is 9.97 Å². The summed E-state index contributed by atoms with van der Waals surface area (Å²) >= 11 is 0. The van der Waals surface area contributed by atoms with Gasteiger partial charge in [0.25, 0.3) is 0 Å². The van der Waals surface area contributed by atoms with E-state index in [2.05, 4.69) is 15.3 Å². The van der Waals surface area contributed by atoms with E-state index in [1.54, 1.807) is 32.2 Å². The average Bonchev–Trinajstić information content (AvgIpc) is 2.88. The Morgan fingerprint density at radius 1 is 1.19 bits per heavy atom. The van der Waals surface area contributed by atoms with Crippen molar-refractivity contribution in [2.75, 3.05) is 5.32 Å². The maximum Gasteiger partial charge on any atom is 0.339 e. The van der Waals surface area contributed by atoms with Crippen molar-refractivity contribution in [1.29, 1.82) is 0 Å². The Labute approximate surface area is 181 Å². The molecule has 2 heterocycles. The van der Waals surface area contributed by atoms with E-state index in [0.29, 0.717) is 28.3 Å². The molecule has 0 atom stereocenters. The molecule has 0 saturated heterocycles. The van der Waals surface area contributed by atoms with Crippen LogP contribution in [0, 0.1) is 0 Å². The summed E-state index contributed by atoms with van der Waals surface area (Å²) in [6, 6.07) is 9.09. The molecule has 2 aromatic carbocycles. The van der Waals surface area contributed by atoms with Gasteiger partial charge in [-0.1, -0.05) is 6.07 Å². The molecule has 0 saturated carbocycles. The molecule has 0 spiro atoms. The van der Waals surface area contributed by atoms with Gasteiger partial charge in [0.15, 0.2) is 0 Å². The molecule has 7 nitrogen and oxygen atoms in total. The Kier molecular flexibility index (Phi) is 4.89. The predicted molar refractivity (Wildman–Crippen MR) is 119 cm³/mol. The first-order chi connectivity index (χ1) is 14.5. The van der Waals surface area contributed by atoms with E-state index >= 15 is 0 Å². The number of aromatic nitrogens is 2. The first kappa shape index (κ1) is 21.1. The van der Waals surface area contributed by atoms with Crippen molar-refractivity contribution >= 4 is 28.5 Å². The minimum Gasteiger partial charge on any atom is -0.490 e. The second-order valence-electron chi connectivity index (χ2n) is 9.08. The normalized spacial score (nSPS) is 15.2. The van der Waals surface area contributed by atoms with E-state index in [-0.39, 0.29) is 12.1 Å². The molecule has 1 aliphatic heterocycles. The van der Waals surface area contributed by atoms with Crippen LogP contribution in [-0.4, -0.2) is 27.1 Å². The van der Waals surface area contributed by atoms with Crippen LogP contribution in [0.5, 0.6) is 5.75 Å². The molecule has 2 N–H and O–H groups in total. The van der Waals surface area contributed by atoms with Crippen molar-refractivity contribution in [3.63, 3.8) is 0 Å². The molecule has 0 radical (unpaired) electrons. The summed E-state index contributed by atoms with van der Waals surface area (Å²) in [5.74, 6) is 0.725. The second-order valence-corrected chi connectivity index (χ2v) is 9.08. The number of fused-ring (bicyclic) bond motifs is 2. The van der Waals surface area contributed by atoms with Crippen LogP contribution in [0.15, 0.2) is 36.5 Å². The topological polar surface area (TPSA) is 93.6 Å². The Bertz CT molecular complexity index is 1180. The number of benzene rings is 2.